The number of fused-ring (bicyclic) bond motifs is 1. The number of nitrogens with zero attached hydrogens (tertiary/aromatic N) is 6. The summed E-state index contributed by atoms with van der Waals surface area (Å²) in [4.78, 5) is 12.9. The van der Waals surface area contributed by atoms with Gasteiger partial charge >= 0.3 is 0 Å². The van der Waals surface area contributed by atoms with Gasteiger partial charge in [-0.2, -0.15) is 9.78 Å². The van der Waals surface area contributed by atoms with Crippen molar-refractivity contribution in [3.63, 3.8) is 0 Å². The average Bonchev–Trinajstić information content (AvgIpc) is 3.57. The van der Waals surface area contributed by atoms with Crippen molar-refractivity contribution in [3.8, 4) is 40.1 Å². The Morgan fingerprint density at radius 3 is 2.85 bits per heavy atom. The summed E-state index contributed by atoms with van der Waals surface area (Å²) in [6.07, 6.45) is 1.35. The molecule has 4 aromatic rings. The Hall–Kier alpha value is -5.14. The van der Waals surface area contributed by atoms with Crippen molar-refractivity contribution < 1.29 is 28.7 Å². The number of hydrogen-bond donors (Lipinski definition) is 3. The third kappa shape index (κ3) is 3.68. The van der Waals surface area contributed by atoms with Crippen LogP contribution in [0.3, 0.4) is 0 Å². The van der Waals surface area contributed by atoms with Crippen LogP contribution in [-0.4, -0.2) is 56.4 Å². The van der Waals surface area contributed by atoms with E-state index in [0.29, 0.717) is 28.4 Å². The molecule has 0 saturated heterocycles. The fraction of sp³-hybridized carbons (Fsp3) is 0.100. The smallest absolute Gasteiger partial charge is 0.294 e. The molecule has 172 valence electrons. The van der Waals surface area contributed by atoms with Gasteiger partial charge in [0.15, 0.2) is 28.7 Å². The van der Waals surface area contributed by atoms with Gasteiger partial charge in [0.1, 0.15) is 5.69 Å². The number of carbonyl (C=O) groups excluding carboxylic acids is 1. The quantitative estimate of drug-likeness (QED) is 0.274. The van der Waals surface area contributed by atoms with Gasteiger partial charge in [0.25, 0.3) is 5.91 Å². The highest BCUT2D eigenvalue weighted by Crippen LogP contribution is 2.37. The van der Waals surface area contributed by atoms with Crippen LogP contribution >= 0.6 is 0 Å². The molecule has 0 fully saturated rings. The number of amides is 1. The van der Waals surface area contributed by atoms with Crippen LogP contribution in [-0.2, 0) is 0 Å². The predicted octanol–water partition coefficient (Wildman–Crippen LogP) is 1.11. The molecule has 2 aromatic carbocycles. The summed E-state index contributed by atoms with van der Waals surface area (Å²) in [7, 11) is 1.44. The number of benzene rings is 2. The maximum Gasteiger partial charge on any atom is 0.294 e. The zero-order valence-corrected chi connectivity index (χ0v) is 17.5. The topological polar surface area (TPSA) is 185 Å². The first kappa shape index (κ1) is 20.7. The molecule has 4 N–H and O–H groups in total. The zero-order valence-electron chi connectivity index (χ0n) is 17.5. The van der Waals surface area contributed by atoms with Crippen LogP contribution < -0.4 is 25.4 Å². The molecule has 0 unspecified atom stereocenters. The SMILES string of the molecule is COc1ccc(C=NNC(=O)c2nnn(-c3nonc3N)c2-c2ccc3c(c2)OCO3)cc1O. The summed E-state index contributed by atoms with van der Waals surface area (Å²) in [6.45, 7) is 0.0828. The van der Waals surface area contributed by atoms with E-state index in [4.69, 9.17) is 19.9 Å². The normalized spacial score (nSPS) is 12.3. The van der Waals surface area contributed by atoms with Gasteiger partial charge in [-0.15, -0.1) is 5.10 Å². The lowest BCUT2D eigenvalue weighted by molar-refractivity contribution is 0.0950. The molecule has 2 aromatic heterocycles. The van der Waals surface area contributed by atoms with E-state index >= 15 is 0 Å². The molecule has 3 heterocycles. The molecule has 5 rings (SSSR count). The number of nitrogen functional groups attached to an aromatic ring is 1. The Labute approximate surface area is 190 Å². The highest BCUT2D eigenvalue weighted by molar-refractivity contribution is 5.99. The van der Waals surface area contributed by atoms with E-state index in [1.165, 1.54) is 24.1 Å². The van der Waals surface area contributed by atoms with Crippen molar-refractivity contribution in [2.45, 2.75) is 0 Å². The number of aromatic hydroxyl groups is 1. The first-order valence-corrected chi connectivity index (χ1v) is 9.69. The van der Waals surface area contributed by atoms with Gasteiger partial charge in [0.05, 0.1) is 13.3 Å². The van der Waals surface area contributed by atoms with Crippen molar-refractivity contribution in [1.82, 2.24) is 30.7 Å². The summed E-state index contributed by atoms with van der Waals surface area (Å²) in [5.41, 5.74) is 9.42. The number of nitrogens with one attached hydrogen (secondary N) is 1. The van der Waals surface area contributed by atoms with Crippen LogP contribution in [0.15, 0.2) is 46.1 Å². The van der Waals surface area contributed by atoms with E-state index in [1.807, 2.05) is 0 Å². The average molecular weight is 464 g/mol. The van der Waals surface area contributed by atoms with Crippen LogP contribution in [0.2, 0.25) is 0 Å². The first-order chi connectivity index (χ1) is 16.5. The minimum absolute atomic E-state index is 0.0452. The third-order valence-electron chi connectivity index (χ3n) is 4.81. The van der Waals surface area contributed by atoms with Crippen molar-refractivity contribution in [2.24, 2.45) is 5.10 Å². The van der Waals surface area contributed by atoms with Crippen molar-refractivity contribution in [1.29, 1.82) is 0 Å². The zero-order chi connectivity index (χ0) is 23.7. The Balaban J connectivity index is 1.48. The molecular weight excluding hydrogens is 448 g/mol. The molecule has 0 aliphatic carbocycles. The molecule has 1 amide bonds. The number of phenols is 1. The molecule has 0 radical (unpaired) electrons. The first-order valence-electron chi connectivity index (χ1n) is 9.69. The summed E-state index contributed by atoms with van der Waals surface area (Å²) in [5.74, 6) is 0.636. The summed E-state index contributed by atoms with van der Waals surface area (Å²) in [5, 5.41) is 29.1. The fourth-order valence-electron chi connectivity index (χ4n) is 3.23. The number of phenolic OH excluding ortho intramolecular Hbond substituents is 1. The maximum absolute atomic E-state index is 12.9. The second-order valence-electron chi connectivity index (χ2n) is 6.87. The minimum Gasteiger partial charge on any atom is -0.504 e. The van der Waals surface area contributed by atoms with Crippen LogP contribution in [0.5, 0.6) is 23.0 Å². The van der Waals surface area contributed by atoms with Crippen LogP contribution in [0, 0.1) is 0 Å². The van der Waals surface area contributed by atoms with Crippen molar-refractivity contribution in [2.75, 3.05) is 19.6 Å². The maximum atomic E-state index is 12.9. The Kier molecular flexibility index (Phi) is 5.14. The fourth-order valence-corrected chi connectivity index (χ4v) is 3.23. The van der Waals surface area contributed by atoms with E-state index in [2.05, 4.69) is 35.8 Å². The van der Waals surface area contributed by atoms with Crippen LogP contribution in [0.25, 0.3) is 17.1 Å². The summed E-state index contributed by atoms with van der Waals surface area (Å²) < 4.78 is 21.7. The molecule has 34 heavy (non-hydrogen) atoms. The van der Waals surface area contributed by atoms with E-state index in [1.54, 1.807) is 30.3 Å². The van der Waals surface area contributed by atoms with Gasteiger partial charge in [-0.05, 0) is 52.3 Å². The molecule has 1 aliphatic heterocycles. The Morgan fingerprint density at radius 1 is 1.24 bits per heavy atom. The molecule has 14 nitrogen and oxygen atoms in total. The molecule has 0 saturated carbocycles. The number of carbonyl (C=O) groups is 1. The van der Waals surface area contributed by atoms with E-state index in [0.717, 1.165) is 0 Å². The second-order valence-corrected chi connectivity index (χ2v) is 6.87. The van der Waals surface area contributed by atoms with E-state index in [-0.39, 0.29) is 35.6 Å². The van der Waals surface area contributed by atoms with Gasteiger partial charge in [-0.25, -0.2) is 10.1 Å². The molecular formula is C20H16N8O6. The highest BCUT2D eigenvalue weighted by atomic mass is 16.7. The lowest BCUT2D eigenvalue weighted by atomic mass is 10.1. The molecule has 0 atom stereocenters. The number of ether oxygens (including phenoxy) is 3. The number of hydrazone groups is 1. The van der Waals surface area contributed by atoms with Gasteiger partial charge in [0.2, 0.25) is 18.4 Å². The summed E-state index contributed by atoms with van der Waals surface area (Å²) in [6, 6.07) is 9.72. The lowest BCUT2D eigenvalue weighted by Gasteiger charge is -2.07. The molecule has 0 bridgehead atoms. The highest BCUT2D eigenvalue weighted by Gasteiger charge is 2.26. The van der Waals surface area contributed by atoms with E-state index in [9.17, 15) is 9.90 Å². The largest absolute Gasteiger partial charge is 0.504 e. The third-order valence-corrected chi connectivity index (χ3v) is 4.81. The minimum atomic E-state index is -0.664. The second kappa shape index (κ2) is 8.42. The predicted molar refractivity (Wildman–Crippen MR) is 115 cm³/mol. The Morgan fingerprint density at radius 2 is 2.09 bits per heavy atom. The Bertz CT molecular complexity index is 1410. The number of hydrogen-bond acceptors (Lipinski definition) is 12. The van der Waals surface area contributed by atoms with E-state index < -0.39 is 5.91 Å². The number of methoxy groups -OCH3 is 1. The number of nitrogens with two attached hydrogens (primary N) is 1. The van der Waals surface area contributed by atoms with Crippen LogP contribution in [0.4, 0.5) is 5.82 Å². The standard InChI is InChI=1S/C20H16N8O6/c1-31-13-4-2-10(6-12(13)29)8-22-24-20(30)16-17(11-3-5-14-15(7-11)33-9-32-14)28(27-23-16)19-18(21)25-34-26-19/h2-8,29H,9H2,1H3,(H2,21,25)(H,24,30). The van der Waals surface area contributed by atoms with Crippen molar-refractivity contribution >= 4 is 17.9 Å². The lowest BCUT2D eigenvalue weighted by Crippen LogP contribution is -2.19. The van der Waals surface area contributed by atoms with Crippen molar-refractivity contribution in [3.05, 3.63) is 47.7 Å². The molecule has 1 aliphatic rings. The van der Waals surface area contributed by atoms with Gasteiger partial charge in [-0.3, -0.25) is 4.79 Å². The van der Waals surface area contributed by atoms with Crippen LogP contribution in [0.1, 0.15) is 16.1 Å². The summed E-state index contributed by atoms with van der Waals surface area (Å²) >= 11 is 0. The van der Waals surface area contributed by atoms with Gasteiger partial charge in [0, 0.05) is 5.56 Å². The molecule has 14 heteroatoms. The number of anilines is 1. The number of rotatable bonds is 6. The van der Waals surface area contributed by atoms with Gasteiger partial charge in [-0.1, -0.05) is 5.21 Å². The van der Waals surface area contributed by atoms with Gasteiger partial charge < -0.3 is 25.1 Å². The monoisotopic (exact) mass is 464 g/mol. The number of aromatic nitrogens is 5. The molecule has 0 spiro atoms.